The number of amides is 1. The van der Waals surface area contributed by atoms with E-state index >= 15 is 0 Å². The largest absolute Gasteiger partial charge is 0.478 e. The number of hydrogen-bond acceptors (Lipinski definition) is 4. The minimum Gasteiger partial charge on any atom is -0.478 e. The number of hydrogen-bond donors (Lipinski definition) is 2. The number of rotatable bonds is 6. The van der Waals surface area contributed by atoms with Gasteiger partial charge in [0.05, 0.1) is 23.3 Å². The molecule has 7 heteroatoms. The molecule has 2 aromatic carbocycles. The molecule has 0 spiro atoms. The third-order valence-corrected chi connectivity index (χ3v) is 5.95. The topological polar surface area (TPSA) is 87.5 Å². The van der Waals surface area contributed by atoms with Crippen LogP contribution in [0.15, 0.2) is 48.5 Å². The molecule has 1 amide bonds. The van der Waals surface area contributed by atoms with Crippen LogP contribution in [0.3, 0.4) is 0 Å². The molecule has 2 heterocycles. The van der Waals surface area contributed by atoms with E-state index in [9.17, 15) is 9.59 Å². The Kier molecular flexibility index (Phi) is 5.74. The van der Waals surface area contributed by atoms with Crippen LogP contribution in [0.4, 0.5) is 5.82 Å². The van der Waals surface area contributed by atoms with E-state index in [1.165, 1.54) is 11.1 Å². The number of carbonyl (C=O) groups excluding carboxylic acids is 1. The Bertz CT molecular complexity index is 1170. The summed E-state index contributed by atoms with van der Waals surface area (Å²) in [7, 11) is 0. The van der Waals surface area contributed by atoms with Crippen molar-refractivity contribution in [1.82, 2.24) is 15.1 Å². The van der Waals surface area contributed by atoms with Gasteiger partial charge >= 0.3 is 5.97 Å². The molecular formula is C25H28N4O3. The van der Waals surface area contributed by atoms with Gasteiger partial charge in [0.25, 0.3) is 5.91 Å². The number of aromatic carboxylic acids is 1. The monoisotopic (exact) mass is 432 g/mol. The molecule has 4 rings (SSSR count). The van der Waals surface area contributed by atoms with Gasteiger partial charge in [-0.1, -0.05) is 42.0 Å². The van der Waals surface area contributed by atoms with E-state index in [1.807, 2.05) is 18.5 Å². The summed E-state index contributed by atoms with van der Waals surface area (Å²) in [5.74, 6) is -0.300. The minimum absolute atomic E-state index is 0.177. The third-order valence-electron chi connectivity index (χ3n) is 5.95. The fourth-order valence-corrected chi connectivity index (χ4v) is 4.33. The molecule has 32 heavy (non-hydrogen) atoms. The van der Waals surface area contributed by atoms with Gasteiger partial charge in [-0.05, 0) is 51.0 Å². The zero-order valence-electron chi connectivity index (χ0n) is 18.8. The fourth-order valence-electron chi connectivity index (χ4n) is 4.33. The van der Waals surface area contributed by atoms with E-state index in [-0.39, 0.29) is 23.6 Å². The summed E-state index contributed by atoms with van der Waals surface area (Å²) < 4.78 is 1.95. The molecule has 1 aromatic heterocycles. The lowest BCUT2D eigenvalue weighted by molar-refractivity contribution is 0.0696. The normalized spacial score (nSPS) is 16.0. The van der Waals surface area contributed by atoms with Crippen molar-refractivity contribution in [2.75, 3.05) is 11.4 Å². The van der Waals surface area contributed by atoms with Crippen molar-refractivity contribution in [3.05, 3.63) is 82.0 Å². The zero-order valence-corrected chi connectivity index (χ0v) is 18.8. The van der Waals surface area contributed by atoms with Gasteiger partial charge in [-0.3, -0.25) is 4.79 Å². The van der Waals surface area contributed by atoms with Crippen LogP contribution in [0.5, 0.6) is 0 Å². The summed E-state index contributed by atoms with van der Waals surface area (Å²) in [5, 5.41) is 16.8. The van der Waals surface area contributed by atoms with E-state index in [4.69, 9.17) is 5.11 Å². The Morgan fingerprint density at radius 3 is 2.56 bits per heavy atom. The maximum atomic E-state index is 13.3. The second kappa shape index (κ2) is 8.49. The highest BCUT2D eigenvalue weighted by Gasteiger charge is 2.34. The SMILES string of the molecule is Cc1cccc(CN2CC(C)n3nc(C)c(C(=O)N[C@@H](C)c4ccc(C(=O)O)cc4)c32)c1. The highest BCUT2D eigenvalue weighted by molar-refractivity contribution is 6.00. The summed E-state index contributed by atoms with van der Waals surface area (Å²) in [6, 6.07) is 14.9. The van der Waals surface area contributed by atoms with Gasteiger partial charge in [0.2, 0.25) is 0 Å². The third kappa shape index (κ3) is 4.10. The van der Waals surface area contributed by atoms with Crippen molar-refractivity contribution in [3.8, 4) is 0 Å². The maximum Gasteiger partial charge on any atom is 0.335 e. The molecule has 0 aliphatic carbocycles. The highest BCUT2D eigenvalue weighted by atomic mass is 16.4. The van der Waals surface area contributed by atoms with Crippen molar-refractivity contribution in [2.45, 2.75) is 46.3 Å². The standard InChI is InChI=1S/C25H28N4O3/c1-15-6-5-7-19(12-15)14-28-13-16(2)29-24(28)22(18(4)27-29)23(30)26-17(3)20-8-10-21(11-9-20)25(31)32/h5-12,16-17H,13-14H2,1-4H3,(H,26,30)(H,31,32)/t16?,17-/m0/s1. The van der Waals surface area contributed by atoms with Gasteiger partial charge in [0.15, 0.2) is 0 Å². The number of nitrogens with one attached hydrogen (secondary N) is 1. The average molecular weight is 433 g/mol. The second-order valence-electron chi connectivity index (χ2n) is 8.57. The lowest BCUT2D eigenvalue weighted by Gasteiger charge is -2.21. The molecule has 7 nitrogen and oxygen atoms in total. The minimum atomic E-state index is -0.970. The van der Waals surface area contributed by atoms with Crippen molar-refractivity contribution < 1.29 is 14.7 Å². The summed E-state index contributed by atoms with van der Waals surface area (Å²) in [6.07, 6.45) is 0. The first-order chi connectivity index (χ1) is 15.2. The van der Waals surface area contributed by atoms with Gasteiger partial charge in [-0.25, -0.2) is 9.48 Å². The summed E-state index contributed by atoms with van der Waals surface area (Å²) in [4.78, 5) is 26.6. The first-order valence-electron chi connectivity index (χ1n) is 10.8. The van der Waals surface area contributed by atoms with Crippen LogP contribution in [0.1, 0.15) is 69.0 Å². The quantitative estimate of drug-likeness (QED) is 0.607. The Morgan fingerprint density at radius 1 is 1.19 bits per heavy atom. The first kappa shape index (κ1) is 21.6. The predicted octanol–water partition coefficient (Wildman–Crippen LogP) is 4.27. The number of fused-ring (bicyclic) bond motifs is 1. The number of benzene rings is 2. The smallest absolute Gasteiger partial charge is 0.335 e. The lowest BCUT2D eigenvalue weighted by Crippen LogP contribution is -2.29. The molecule has 0 fully saturated rings. The first-order valence-corrected chi connectivity index (χ1v) is 10.8. The predicted molar refractivity (Wildman–Crippen MR) is 123 cm³/mol. The highest BCUT2D eigenvalue weighted by Crippen LogP contribution is 2.35. The molecule has 1 aliphatic rings. The molecule has 2 atom stereocenters. The molecule has 0 radical (unpaired) electrons. The average Bonchev–Trinajstić information content (AvgIpc) is 3.24. The summed E-state index contributed by atoms with van der Waals surface area (Å²) >= 11 is 0. The van der Waals surface area contributed by atoms with Crippen LogP contribution >= 0.6 is 0 Å². The van der Waals surface area contributed by atoms with E-state index in [0.717, 1.165) is 17.9 Å². The Balaban J connectivity index is 1.58. The fraction of sp³-hybridized carbons (Fsp3) is 0.320. The number of carboxylic acid groups (broad SMARTS) is 1. The zero-order chi connectivity index (χ0) is 23.0. The number of aryl methyl sites for hydroxylation is 2. The molecule has 1 unspecified atom stereocenters. The molecule has 166 valence electrons. The Morgan fingerprint density at radius 2 is 1.91 bits per heavy atom. The van der Waals surface area contributed by atoms with E-state index in [1.54, 1.807) is 24.3 Å². The van der Waals surface area contributed by atoms with Crippen molar-refractivity contribution in [2.24, 2.45) is 0 Å². The molecular weight excluding hydrogens is 404 g/mol. The lowest BCUT2D eigenvalue weighted by atomic mass is 10.1. The van der Waals surface area contributed by atoms with Gasteiger partial charge in [-0.2, -0.15) is 5.10 Å². The Labute approximate surface area is 187 Å². The summed E-state index contributed by atoms with van der Waals surface area (Å²) in [5.41, 5.74) is 4.76. The molecule has 3 aromatic rings. The van der Waals surface area contributed by atoms with Gasteiger partial charge < -0.3 is 15.3 Å². The molecule has 0 bridgehead atoms. The van der Waals surface area contributed by atoms with Crippen LogP contribution in [-0.4, -0.2) is 33.3 Å². The van der Waals surface area contributed by atoms with E-state index in [2.05, 4.69) is 53.4 Å². The molecule has 2 N–H and O–H groups in total. The van der Waals surface area contributed by atoms with Crippen molar-refractivity contribution in [3.63, 3.8) is 0 Å². The maximum absolute atomic E-state index is 13.3. The van der Waals surface area contributed by atoms with Gasteiger partial charge in [0, 0.05) is 13.1 Å². The number of carbonyl (C=O) groups is 2. The van der Waals surface area contributed by atoms with Crippen LogP contribution in [0.25, 0.3) is 0 Å². The van der Waals surface area contributed by atoms with E-state index < -0.39 is 5.97 Å². The van der Waals surface area contributed by atoms with E-state index in [0.29, 0.717) is 17.8 Å². The van der Waals surface area contributed by atoms with Crippen LogP contribution in [0, 0.1) is 13.8 Å². The number of carboxylic acids is 1. The van der Waals surface area contributed by atoms with Crippen LogP contribution in [-0.2, 0) is 6.54 Å². The van der Waals surface area contributed by atoms with Crippen molar-refractivity contribution >= 4 is 17.7 Å². The van der Waals surface area contributed by atoms with Crippen LogP contribution < -0.4 is 10.2 Å². The molecule has 0 saturated carbocycles. The number of anilines is 1. The van der Waals surface area contributed by atoms with Crippen molar-refractivity contribution in [1.29, 1.82) is 0 Å². The second-order valence-corrected chi connectivity index (χ2v) is 8.57. The Hall–Kier alpha value is -3.61. The number of aromatic nitrogens is 2. The van der Waals surface area contributed by atoms with Crippen LogP contribution in [0.2, 0.25) is 0 Å². The number of nitrogens with zero attached hydrogens (tertiary/aromatic N) is 3. The molecule has 1 aliphatic heterocycles. The summed E-state index contributed by atoms with van der Waals surface area (Å²) in [6.45, 7) is 9.45. The molecule has 0 saturated heterocycles. The van der Waals surface area contributed by atoms with Gasteiger partial charge in [-0.15, -0.1) is 0 Å². The van der Waals surface area contributed by atoms with Gasteiger partial charge in [0.1, 0.15) is 11.4 Å².